The summed E-state index contributed by atoms with van der Waals surface area (Å²) in [4.78, 5) is 4.45. The summed E-state index contributed by atoms with van der Waals surface area (Å²) in [5.74, 6) is 5.29. The van der Waals surface area contributed by atoms with Gasteiger partial charge in [-0.25, -0.2) is 0 Å². The molecule has 0 aliphatic rings. The fourth-order valence-corrected chi connectivity index (χ4v) is 2.88. The van der Waals surface area contributed by atoms with Gasteiger partial charge in [0.05, 0.1) is 5.75 Å². The first-order valence-corrected chi connectivity index (χ1v) is 8.26. The van der Waals surface area contributed by atoms with Crippen molar-refractivity contribution in [2.45, 2.75) is 46.3 Å². The number of aromatic nitrogens is 2. The Morgan fingerprint density at radius 3 is 2.53 bits per heavy atom. The van der Waals surface area contributed by atoms with Crippen molar-refractivity contribution in [1.82, 2.24) is 10.1 Å². The highest BCUT2D eigenvalue weighted by atomic mass is 32.2. The minimum absolute atomic E-state index is 0.441. The summed E-state index contributed by atoms with van der Waals surface area (Å²) in [5.41, 5.74) is 5.80. The van der Waals surface area contributed by atoms with Crippen LogP contribution in [0.15, 0.2) is 4.52 Å². The zero-order chi connectivity index (χ0) is 14.3. The van der Waals surface area contributed by atoms with Gasteiger partial charge in [0.2, 0.25) is 5.89 Å². The van der Waals surface area contributed by atoms with E-state index in [1.165, 1.54) is 0 Å². The largest absolute Gasteiger partial charge is 0.339 e. The maximum atomic E-state index is 5.80. The summed E-state index contributed by atoms with van der Waals surface area (Å²) in [6, 6.07) is 0. The minimum Gasteiger partial charge on any atom is -0.339 e. The molecular weight excluding hydrogens is 258 g/mol. The quantitative estimate of drug-likeness (QED) is 0.755. The first-order chi connectivity index (χ1) is 9.01. The molecule has 0 aliphatic carbocycles. The van der Waals surface area contributed by atoms with Crippen LogP contribution in [0.25, 0.3) is 0 Å². The number of rotatable bonds is 9. The summed E-state index contributed by atoms with van der Waals surface area (Å²) in [7, 11) is 0. The number of thioether (sulfide) groups is 1. The van der Waals surface area contributed by atoms with E-state index < -0.39 is 0 Å². The van der Waals surface area contributed by atoms with E-state index in [1.807, 2.05) is 11.8 Å². The predicted octanol–water partition coefficient (Wildman–Crippen LogP) is 3.12. The molecule has 0 bridgehead atoms. The Morgan fingerprint density at radius 2 is 1.95 bits per heavy atom. The third-order valence-corrected chi connectivity index (χ3v) is 4.16. The van der Waals surface area contributed by atoms with Gasteiger partial charge >= 0.3 is 0 Å². The predicted molar refractivity (Wildman–Crippen MR) is 81.0 cm³/mol. The molecule has 2 N–H and O–H groups in total. The van der Waals surface area contributed by atoms with Crippen LogP contribution in [0.5, 0.6) is 0 Å². The Bertz CT molecular complexity index is 352. The molecule has 0 saturated heterocycles. The number of nitrogens with zero attached hydrogens (tertiary/aromatic N) is 2. The average Bonchev–Trinajstić information content (AvgIpc) is 2.75. The second-order valence-corrected chi connectivity index (χ2v) is 6.98. The zero-order valence-electron chi connectivity index (χ0n) is 12.6. The van der Waals surface area contributed by atoms with Gasteiger partial charge in [0.15, 0.2) is 5.82 Å². The fraction of sp³-hybridized carbons (Fsp3) is 0.857. The molecule has 19 heavy (non-hydrogen) atoms. The molecule has 1 heterocycles. The third-order valence-electron chi connectivity index (χ3n) is 2.79. The second kappa shape index (κ2) is 8.59. The molecule has 0 aromatic carbocycles. The van der Waals surface area contributed by atoms with Crippen LogP contribution in [0.4, 0.5) is 0 Å². The lowest BCUT2D eigenvalue weighted by atomic mass is 9.94. The Labute approximate surface area is 120 Å². The van der Waals surface area contributed by atoms with Crippen LogP contribution in [-0.2, 0) is 12.2 Å². The molecule has 0 fully saturated rings. The monoisotopic (exact) mass is 285 g/mol. The summed E-state index contributed by atoms with van der Waals surface area (Å²) in [6.45, 7) is 9.53. The second-order valence-electron chi connectivity index (χ2n) is 5.95. The molecule has 0 spiro atoms. The van der Waals surface area contributed by atoms with Gasteiger partial charge < -0.3 is 10.3 Å². The molecule has 0 amide bonds. The smallest absolute Gasteiger partial charge is 0.226 e. The van der Waals surface area contributed by atoms with Crippen molar-refractivity contribution in [2.24, 2.45) is 23.5 Å². The van der Waals surface area contributed by atoms with Crippen molar-refractivity contribution in [3.8, 4) is 0 Å². The van der Waals surface area contributed by atoms with Gasteiger partial charge in [0.1, 0.15) is 0 Å². The van der Waals surface area contributed by atoms with Gasteiger partial charge in [-0.15, -0.1) is 0 Å². The lowest BCUT2D eigenvalue weighted by Gasteiger charge is -2.14. The minimum atomic E-state index is 0.441. The summed E-state index contributed by atoms with van der Waals surface area (Å²) in [6.07, 6.45) is 1.91. The van der Waals surface area contributed by atoms with Crippen LogP contribution in [0, 0.1) is 17.8 Å². The first-order valence-electron chi connectivity index (χ1n) is 7.10. The number of nitrogens with two attached hydrogens (primary N) is 1. The Kier molecular flexibility index (Phi) is 7.46. The first kappa shape index (κ1) is 16.5. The maximum absolute atomic E-state index is 5.80. The lowest BCUT2D eigenvalue weighted by Crippen LogP contribution is -2.19. The highest BCUT2D eigenvalue weighted by molar-refractivity contribution is 7.98. The number of hydrogen-bond donors (Lipinski definition) is 1. The van der Waals surface area contributed by atoms with E-state index in [0.717, 1.165) is 36.1 Å². The molecule has 0 aliphatic heterocycles. The highest BCUT2D eigenvalue weighted by Crippen LogP contribution is 2.17. The van der Waals surface area contributed by atoms with Crippen LogP contribution in [0.2, 0.25) is 0 Å². The molecule has 0 radical (unpaired) electrons. The van der Waals surface area contributed by atoms with E-state index in [1.54, 1.807) is 0 Å². The van der Waals surface area contributed by atoms with Gasteiger partial charge in [-0.3, -0.25) is 0 Å². The van der Waals surface area contributed by atoms with Crippen molar-refractivity contribution in [3.05, 3.63) is 11.7 Å². The average molecular weight is 285 g/mol. The van der Waals surface area contributed by atoms with Crippen molar-refractivity contribution in [2.75, 3.05) is 12.3 Å². The van der Waals surface area contributed by atoms with E-state index in [0.29, 0.717) is 24.3 Å². The molecule has 1 atom stereocenters. The SMILES string of the molecule is CC(C)CSCc1noc(CC(CN)CC(C)C)n1. The van der Waals surface area contributed by atoms with Gasteiger partial charge in [-0.1, -0.05) is 32.9 Å². The molecule has 4 nitrogen and oxygen atoms in total. The summed E-state index contributed by atoms with van der Waals surface area (Å²) < 4.78 is 5.31. The van der Waals surface area contributed by atoms with Crippen molar-refractivity contribution >= 4 is 11.8 Å². The van der Waals surface area contributed by atoms with E-state index in [2.05, 4.69) is 37.8 Å². The van der Waals surface area contributed by atoms with Crippen LogP contribution < -0.4 is 5.73 Å². The van der Waals surface area contributed by atoms with E-state index in [-0.39, 0.29) is 0 Å². The molecule has 1 aromatic rings. The van der Waals surface area contributed by atoms with E-state index in [9.17, 15) is 0 Å². The van der Waals surface area contributed by atoms with Gasteiger partial charge in [0, 0.05) is 6.42 Å². The van der Waals surface area contributed by atoms with Crippen LogP contribution >= 0.6 is 11.8 Å². The molecule has 0 saturated carbocycles. The zero-order valence-corrected chi connectivity index (χ0v) is 13.4. The molecule has 110 valence electrons. The Balaban J connectivity index is 2.40. The third kappa shape index (κ3) is 6.97. The summed E-state index contributed by atoms with van der Waals surface area (Å²) in [5, 5.41) is 4.03. The standard InChI is InChI=1S/C14H27N3OS/c1-10(2)5-12(7-15)6-14-16-13(17-18-14)9-19-8-11(3)4/h10-12H,5-9,15H2,1-4H3. The van der Waals surface area contributed by atoms with Crippen molar-refractivity contribution in [1.29, 1.82) is 0 Å². The van der Waals surface area contributed by atoms with E-state index >= 15 is 0 Å². The molecule has 1 unspecified atom stereocenters. The van der Waals surface area contributed by atoms with Crippen LogP contribution in [0.3, 0.4) is 0 Å². The molecular formula is C14H27N3OS. The topological polar surface area (TPSA) is 64.9 Å². The van der Waals surface area contributed by atoms with Gasteiger partial charge in [0.25, 0.3) is 0 Å². The van der Waals surface area contributed by atoms with Crippen LogP contribution in [-0.4, -0.2) is 22.4 Å². The highest BCUT2D eigenvalue weighted by Gasteiger charge is 2.15. The molecule has 5 heteroatoms. The normalized spacial score (nSPS) is 13.4. The Morgan fingerprint density at radius 1 is 1.21 bits per heavy atom. The van der Waals surface area contributed by atoms with E-state index in [4.69, 9.17) is 10.3 Å². The molecule has 1 aromatic heterocycles. The van der Waals surface area contributed by atoms with Gasteiger partial charge in [-0.05, 0) is 36.5 Å². The Hall–Kier alpha value is -0.550. The lowest BCUT2D eigenvalue weighted by molar-refractivity contribution is 0.330. The van der Waals surface area contributed by atoms with Crippen LogP contribution in [0.1, 0.15) is 45.8 Å². The fourth-order valence-electron chi connectivity index (χ4n) is 1.99. The molecule has 1 rings (SSSR count). The van der Waals surface area contributed by atoms with Gasteiger partial charge in [-0.2, -0.15) is 16.7 Å². The summed E-state index contributed by atoms with van der Waals surface area (Å²) >= 11 is 1.85. The number of hydrogen-bond acceptors (Lipinski definition) is 5. The van der Waals surface area contributed by atoms with Crippen molar-refractivity contribution in [3.63, 3.8) is 0 Å². The maximum Gasteiger partial charge on any atom is 0.226 e. The van der Waals surface area contributed by atoms with Crippen molar-refractivity contribution < 1.29 is 4.52 Å².